The predicted molar refractivity (Wildman–Crippen MR) is 90.6 cm³/mol. The fourth-order valence-electron chi connectivity index (χ4n) is 4.18. The largest absolute Gasteiger partial charge is 0.497 e. The Kier molecular flexibility index (Phi) is 3.34. The van der Waals surface area contributed by atoms with Crippen LogP contribution in [0, 0.1) is 5.82 Å². The zero-order chi connectivity index (χ0) is 16.4. The molecule has 3 nitrogen and oxygen atoms in total. The normalized spacial score (nSPS) is 31.2. The molecule has 0 saturated carbocycles. The Hall–Kier alpha value is -1.07. The van der Waals surface area contributed by atoms with Crippen LogP contribution in [0.3, 0.4) is 0 Å². The van der Waals surface area contributed by atoms with E-state index in [9.17, 15) is 4.39 Å². The lowest BCUT2D eigenvalue weighted by atomic mass is 9.78. The van der Waals surface area contributed by atoms with Crippen LogP contribution in [0.5, 0.6) is 0 Å². The number of anilines is 1. The molecule has 0 N–H and O–H groups in total. The lowest BCUT2D eigenvalue weighted by molar-refractivity contribution is 0.00578. The molecule has 124 valence electrons. The van der Waals surface area contributed by atoms with Crippen molar-refractivity contribution in [1.82, 2.24) is 0 Å². The van der Waals surface area contributed by atoms with E-state index >= 15 is 0 Å². The summed E-state index contributed by atoms with van der Waals surface area (Å²) < 4.78 is 26.5. The summed E-state index contributed by atoms with van der Waals surface area (Å²) in [6, 6.07) is 6.65. The molecule has 3 aliphatic rings. The van der Waals surface area contributed by atoms with E-state index in [-0.39, 0.29) is 5.82 Å². The van der Waals surface area contributed by atoms with Gasteiger partial charge in [-0.3, -0.25) is 0 Å². The van der Waals surface area contributed by atoms with Crippen LogP contribution in [0.2, 0.25) is 0 Å². The Morgan fingerprint density at radius 2 is 1.52 bits per heavy atom. The number of rotatable bonds is 2. The molecule has 23 heavy (non-hydrogen) atoms. The zero-order valence-corrected chi connectivity index (χ0v) is 14.4. The van der Waals surface area contributed by atoms with Crippen molar-refractivity contribution in [3.8, 4) is 0 Å². The fourth-order valence-corrected chi connectivity index (χ4v) is 4.18. The number of hydrogen-bond donors (Lipinski definition) is 0. The van der Waals surface area contributed by atoms with Crippen LogP contribution < -0.4 is 10.4 Å². The second-order valence-corrected chi connectivity index (χ2v) is 8.16. The lowest BCUT2D eigenvalue weighted by Gasteiger charge is -2.32. The molecule has 3 aliphatic heterocycles. The standard InChI is InChI=1S/C18H25BFNO2/c1-17(2)18(3,4)23-19(22-17)15-11-14(9-10-16(15)20)21-12-5-6-13(21)8-7-12/h9-13H,5-8H2,1-4H3. The maximum atomic E-state index is 14.4. The third-order valence-electron chi connectivity index (χ3n) is 6.24. The second kappa shape index (κ2) is 4.96. The summed E-state index contributed by atoms with van der Waals surface area (Å²) in [5.74, 6) is -0.251. The highest BCUT2D eigenvalue weighted by molar-refractivity contribution is 6.62. The van der Waals surface area contributed by atoms with Crippen LogP contribution in [-0.4, -0.2) is 30.4 Å². The van der Waals surface area contributed by atoms with Gasteiger partial charge >= 0.3 is 7.12 Å². The van der Waals surface area contributed by atoms with Crippen molar-refractivity contribution >= 4 is 18.3 Å². The minimum absolute atomic E-state index is 0.251. The monoisotopic (exact) mass is 317 g/mol. The van der Waals surface area contributed by atoms with E-state index in [2.05, 4.69) is 4.90 Å². The molecule has 5 heteroatoms. The number of fused-ring (bicyclic) bond motifs is 2. The first kappa shape index (κ1) is 15.5. The molecule has 3 heterocycles. The van der Waals surface area contributed by atoms with E-state index in [1.165, 1.54) is 25.7 Å². The van der Waals surface area contributed by atoms with Crippen LogP contribution >= 0.6 is 0 Å². The zero-order valence-electron chi connectivity index (χ0n) is 14.4. The number of halogens is 1. The van der Waals surface area contributed by atoms with Crippen LogP contribution in [0.25, 0.3) is 0 Å². The quantitative estimate of drug-likeness (QED) is 0.782. The molecule has 0 aromatic heterocycles. The Morgan fingerprint density at radius 3 is 2.04 bits per heavy atom. The average Bonchev–Trinajstić information content (AvgIpc) is 3.12. The maximum Gasteiger partial charge on any atom is 0.497 e. The van der Waals surface area contributed by atoms with Crippen molar-refractivity contribution in [2.45, 2.75) is 76.7 Å². The molecule has 0 radical (unpaired) electrons. The SMILES string of the molecule is CC1(C)OB(c2cc(N3C4CCC3CC4)ccc2F)OC1(C)C. The summed E-state index contributed by atoms with van der Waals surface area (Å²) >= 11 is 0. The van der Waals surface area contributed by atoms with Gasteiger partial charge in [-0.1, -0.05) is 0 Å². The third-order valence-corrected chi connectivity index (χ3v) is 6.24. The number of hydrogen-bond acceptors (Lipinski definition) is 3. The first-order valence-electron chi connectivity index (χ1n) is 8.72. The molecule has 1 aromatic rings. The fraction of sp³-hybridized carbons (Fsp3) is 0.667. The van der Waals surface area contributed by atoms with E-state index < -0.39 is 18.3 Å². The van der Waals surface area contributed by atoms with Gasteiger partial charge in [0.2, 0.25) is 0 Å². The smallest absolute Gasteiger partial charge is 0.399 e. The minimum atomic E-state index is -0.639. The predicted octanol–water partition coefficient (Wildman–Crippen LogP) is 3.26. The van der Waals surface area contributed by atoms with Crippen LogP contribution in [0.1, 0.15) is 53.4 Å². The first-order chi connectivity index (χ1) is 10.8. The topological polar surface area (TPSA) is 21.7 Å². The van der Waals surface area contributed by atoms with Crippen molar-refractivity contribution in [1.29, 1.82) is 0 Å². The van der Waals surface area contributed by atoms with Crippen molar-refractivity contribution in [3.05, 3.63) is 24.0 Å². The molecule has 0 spiro atoms. The molecule has 3 fully saturated rings. The van der Waals surface area contributed by atoms with Gasteiger partial charge in [-0.2, -0.15) is 0 Å². The van der Waals surface area contributed by atoms with Crippen molar-refractivity contribution in [3.63, 3.8) is 0 Å². The van der Waals surface area contributed by atoms with Gasteiger partial charge in [-0.05, 0) is 71.6 Å². The summed E-state index contributed by atoms with van der Waals surface area (Å²) in [7, 11) is -0.639. The molecule has 2 bridgehead atoms. The van der Waals surface area contributed by atoms with Gasteiger partial charge in [-0.15, -0.1) is 0 Å². The first-order valence-corrected chi connectivity index (χ1v) is 8.72. The highest BCUT2D eigenvalue weighted by Gasteiger charge is 2.52. The summed E-state index contributed by atoms with van der Waals surface area (Å²) in [5, 5.41) is 0. The number of benzene rings is 1. The molecule has 3 saturated heterocycles. The molecule has 4 rings (SSSR count). The van der Waals surface area contributed by atoms with Gasteiger partial charge in [0.1, 0.15) is 5.82 Å². The van der Waals surface area contributed by atoms with Crippen LogP contribution in [0.4, 0.5) is 10.1 Å². The Bertz CT molecular complexity index is 597. The van der Waals surface area contributed by atoms with Gasteiger partial charge in [0.15, 0.2) is 0 Å². The van der Waals surface area contributed by atoms with Gasteiger partial charge < -0.3 is 14.2 Å². The highest BCUT2D eigenvalue weighted by atomic mass is 19.1. The van der Waals surface area contributed by atoms with Crippen LogP contribution in [0.15, 0.2) is 18.2 Å². The second-order valence-electron chi connectivity index (χ2n) is 8.16. The Labute approximate surface area is 138 Å². The highest BCUT2D eigenvalue weighted by Crippen LogP contribution is 2.41. The summed E-state index contributed by atoms with van der Waals surface area (Å²) in [6.07, 6.45) is 5.03. The maximum absolute atomic E-state index is 14.4. The van der Waals surface area contributed by atoms with Crippen molar-refractivity contribution in [2.24, 2.45) is 0 Å². The van der Waals surface area contributed by atoms with Gasteiger partial charge in [0.05, 0.1) is 11.2 Å². The van der Waals surface area contributed by atoms with Crippen molar-refractivity contribution in [2.75, 3.05) is 4.90 Å². The van der Waals surface area contributed by atoms with E-state index in [0.29, 0.717) is 17.5 Å². The van der Waals surface area contributed by atoms with E-state index in [4.69, 9.17) is 9.31 Å². The van der Waals surface area contributed by atoms with Crippen molar-refractivity contribution < 1.29 is 13.7 Å². The Morgan fingerprint density at radius 1 is 1.00 bits per heavy atom. The Balaban J connectivity index is 1.66. The van der Waals surface area contributed by atoms with Crippen LogP contribution in [-0.2, 0) is 9.31 Å². The van der Waals surface area contributed by atoms with E-state index in [0.717, 1.165) is 5.69 Å². The van der Waals surface area contributed by atoms with Gasteiger partial charge in [0, 0.05) is 23.2 Å². The molecule has 1 aromatic carbocycles. The van der Waals surface area contributed by atoms with E-state index in [1.807, 2.05) is 39.8 Å². The molecular weight excluding hydrogens is 292 g/mol. The van der Waals surface area contributed by atoms with Gasteiger partial charge in [-0.25, -0.2) is 4.39 Å². The summed E-state index contributed by atoms with van der Waals surface area (Å²) in [5.41, 5.74) is 0.730. The number of nitrogens with zero attached hydrogens (tertiary/aromatic N) is 1. The summed E-state index contributed by atoms with van der Waals surface area (Å²) in [4.78, 5) is 2.48. The minimum Gasteiger partial charge on any atom is -0.399 e. The average molecular weight is 317 g/mol. The molecule has 0 unspecified atom stereocenters. The lowest BCUT2D eigenvalue weighted by Crippen LogP contribution is -2.41. The van der Waals surface area contributed by atoms with E-state index in [1.54, 1.807) is 6.07 Å². The molecule has 0 atom stereocenters. The molecular formula is C18H25BFNO2. The third kappa shape index (κ3) is 2.32. The molecule has 0 aliphatic carbocycles. The molecule has 0 amide bonds. The van der Waals surface area contributed by atoms with Gasteiger partial charge in [0.25, 0.3) is 0 Å². The summed E-state index contributed by atoms with van der Waals surface area (Å²) in [6.45, 7) is 7.98.